The molecule has 3 rings (SSSR count). The summed E-state index contributed by atoms with van der Waals surface area (Å²) in [6, 6.07) is 14.3. The first-order valence-corrected chi connectivity index (χ1v) is 9.67. The highest BCUT2D eigenvalue weighted by molar-refractivity contribution is 6.03. The highest BCUT2D eigenvalue weighted by Gasteiger charge is 2.14. The Balaban J connectivity index is 1.67. The smallest absolute Gasteiger partial charge is 0.257 e. The van der Waals surface area contributed by atoms with Crippen LogP contribution in [0.1, 0.15) is 30.0 Å². The molecule has 2 heterocycles. The number of furan rings is 1. The zero-order valence-electron chi connectivity index (χ0n) is 17.0. The van der Waals surface area contributed by atoms with Gasteiger partial charge in [0.25, 0.3) is 5.91 Å². The van der Waals surface area contributed by atoms with Crippen molar-refractivity contribution in [2.75, 3.05) is 11.9 Å². The molecule has 3 aromatic rings. The second kappa shape index (κ2) is 10.6. The molecule has 0 fully saturated rings. The molecular weight excluding hydrogens is 380 g/mol. The fraction of sp³-hybridized carbons (Fsp3) is 0.174. The Morgan fingerprint density at radius 3 is 2.73 bits per heavy atom. The van der Waals surface area contributed by atoms with Crippen molar-refractivity contribution >= 4 is 17.4 Å². The van der Waals surface area contributed by atoms with E-state index >= 15 is 0 Å². The summed E-state index contributed by atoms with van der Waals surface area (Å²) in [6.45, 7) is 4.91. The van der Waals surface area contributed by atoms with E-state index in [0.717, 1.165) is 11.5 Å². The maximum absolute atomic E-state index is 12.5. The number of amidine groups is 1. The van der Waals surface area contributed by atoms with E-state index in [1.807, 2.05) is 38.1 Å². The van der Waals surface area contributed by atoms with Crippen molar-refractivity contribution in [3.05, 3.63) is 84.5 Å². The summed E-state index contributed by atoms with van der Waals surface area (Å²) >= 11 is 0. The van der Waals surface area contributed by atoms with Crippen molar-refractivity contribution in [2.45, 2.75) is 20.4 Å². The third-order valence-corrected chi connectivity index (χ3v) is 4.01. The maximum Gasteiger partial charge on any atom is 0.257 e. The Kier molecular flexibility index (Phi) is 7.38. The number of ether oxygens (including phenoxy) is 1. The summed E-state index contributed by atoms with van der Waals surface area (Å²) in [5, 5.41) is 6.05. The Labute approximate surface area is 175 Å². The Bertz CT molecular complexity index is 1010. The Morgan fingerprint density at radius 2 is 2.03 bits per heavy atom. The molecule has 0 unspecified atom stereocenters. The van der Waals surface area contributed by atoms with Gasteiger partial charge in [0, 0.05) is 18.4 Å². The predicted molar refractivity (Wildman–Crippen MR) is 117 cm³/mol. The summed E-state index contributed by atoms with van der Waals surface area (Å²) in [6.07, 6.45) is 6.99. The topological polar surface area (TPSA) is 88.8 Å². The number of benzene rings is 1. The fourth-order valence-corrected chi connectivity index (χ4v) is 2.65. The molecule has 0 radical (unpaired) electrons. The van der Waals surface area contributed by atoms with E-state index < -0.39 is 0 Å². The van der Waals surface area contributed by atoms with Crippen LogP contribution in [-0.4, -0.2) is 23.3 Å². The van der Waals surface area contributed by atoms with Crippen molar-refractivity contribution < 1.29 is 13.9 Å². The lowest BCUT2D eigenvalue weighted by Gasteiger charge is -2.11. The van der Waals surface area contributed by atoms with Crippen LogP contribution < -0.4 is 15.4 Å². The minimum absolute atomic E-state index is 0.234. The predicted octanol–water partition coefficient (Wildman–Crippen LogP) is 4.80. The van der Waals surface area contributed by atoms with Crippen molar-refractivity contribution in [1.82, 2.24) is 10.3 Å². The molecule has 0 atom stereocenters. The van der Waals surface area contributed by atoms with Crippen molar-refractivity contribution in [1.29, 1.82) is 0 Å². The maximum atomic E-state index is 12.5. The third-order valence-electron chi connectivity index (χ3n) is 4.01. The number of aromatic nitrogens is 1. The number of amides is 1. The molecule has 0 bridgehead atoms. The van der Waals surface area contributed by atoms with E-state index in [2.05, 4.69) is 20.6 Å². The van der Waals surface area contributed by atoms with Gasteiger partial charge in [-0.3, -0.25) is 9.79 Å². The van der Waals surface area contributed by atoms with Gasteiger partial charge in [0.05, 0.1) is 12.8 Å². The van der Waals surface area contributed by atoms with Crippen molar-refractivity contribution in [2.24, 2.45) is 4.99 Å². The van der Waals surface area contributed by atoms with Gasteiger partial charge in [0.15, 0.2) is 0 Å². The molecule has 7 nitrogen and oxygen atoms in total. The lowest BCUT2D eigenvalue weighted by molar-refractivity contribution is 0.0945. The number of aliphatic imine (C=N–C) groups is 1. The number of pyridine rings is 1. The highest BCUT2D eigenvalue weighted by atomic mass is 16.5. The number of nitrogens with zero attached hydrogens (tertiary/aromatic N) is 2. The second-order valence-electron chi connectivity index (χ2n) is 6.23. The first kappa shape index (κ1) is 20.9. The average molecular weight is 404 g/mol. The number of carbonyl (C=O) groups excluding carboxylic acids is 1. The van der Waals surface area contributed by atoms with Crippen LogP contribution in [0.4, 0.5) is 5.69 Å². The molecule has 30 heavy (non-hydrogen) atoms. The van der Waals surface area contributed by atoms with E-state index in [-0.39, 0.29) is 18.3 Å². The van der Waals surface area contributed by atoms with Crippen LogP contribution in [0.15, 0.2) is 82.6 Å². The van der Waals surface area contributed by atoms with Crippen LogP contribution in [0.2, 0.25) is 0 Å². The minimum Gasteiger partial charge on any atom is -0.467 e. The highest BCUT2D eigenvalue weighted by Crippen LogP contribution is 2.24. The average Bonchev–Trinajstić information content (AvgIpc) is 3.28. The summed E-state index contributed by atoms with van der Waals surface area (Å²) in [4.78, 5) is 21.1. The van der Waals surface area contributed by atoms with Crippen LogP contribution in [0, 0.1) is 0 Å². The van der Waals surface area contributed by atoms with Crippen LogP contribution >= 0.6 is 0 Å². The van der Waals surface area contributed by atoms with Gasteiger partial charge >= 0.3 is 0 Å². The molecule has 0 aliphatic rings. The summed E-state index contributed by atoms with van der Waals surface area (Å²) in [7, 11) is 0. The lowest BCUT2D eigenvalue weighted by Crippen LogP contribution is -2.23. The zero-order valence-corrected chi connectivity index (χ0v) is 17.0. The quantitative estimate of drug-likeness (QED) is 0.416. The summed E-state index contributed by atoms with van der Waals surface area (Å²) in [5.41, 5.74) is 1.22. The molecule has 2 aromatic heterocycles. The number of hydrogen-bond acceptors (Lipinski definition) is 5. The number of allylic oxidation sites excluding steroid dienone is 1. The fourth-order valence-electron chi connectivity index (χ4n) is 2.65. The van der Waals surface area contributed by atoms with Crippen LogP contribution in [0.5, 0.6) is 11.6 Å². The second-order valence-corrected chi connectivity index (χ2v) is 6.23. The zero-order chi connectivity index (χ0) is 21.2. The monoisotopic (exact) mass is 404 g/mol. The van der Waals surface area contributed by atoms with E-state index in [1.54, 1.807) is 48.9 Å². The normalized spacial score (nSPS) is 11.5. The molecule has 0 aliphatic heterocycles. The van der Waals surface area contributed by atoms with Gasteiger partial charge in [0.2, 0.25) is 5.88 Å². The van der Waals surface area contributed by atoms with Gasteiger partial charge in [-0.05, 0) is 68.5 Å². The number of hydrogen-bond donors (Lipinski definition) is 2. The SMILES string of the molecule is C/C=C\C(=NCC)Nc1ccc(Oc2ncccc2C(=O)NCc2ccco2)cc1. The molecule has 1 amide bonds. The van der Waals surface area contributed by atoms with E-state index in [1.165, 1.54) is 0 Å². The van der Waals surface area contributed by atoms with Gasteiger partial charge in [0.1, 0.15) is 22.9 Å². The minimum atomic E-state index is -0.292. The number of carbonyl (C=O) groups is 1. The number of nitrogens with one attached hydrogen (secondary N) is 2. The van der Waals surface area contributed by atoms with Crippen molar-refractivity contribution in [3.63, 3.8) is 0 Å². The summed E-state index contributed by atoms with van der Waals surface area (Å²) in [5.74, 6) is 1.96. The van der Waals surface area contributed by atoms with Crippen molar-refractivity contribution in [3.8, 4) is 11.6 Å². The van der Waals surface area contributed by atoms with E-state index in [0.29, 0.717) is 23.6 Å². The molecular formula is C23H24N4O3. The summed E-state index contributed by atoms with van der Waals surface area (Å²) < 4.78 is 11.1. The molecule has 2 N–H and O–H groups in total. The van der Waals surface area contributed by atoms with Gasteiger partial charge in [-0.2, -0.15) is 0 Å². The van der Waals surface area contributed by atoms with Crippen LogP contribution in [0.25, 0.3) is 0 Å². The molecule has 154 valence electrons. The van der Waals surface area contributed by atoms with Gasteiger partial charge in [-0.1, -0.05) is 6.08 Å². The third kappa shape index (κ3) is 5.81. The Hall–Kier alpha value is -3.87. The van der Waals surface area contributed by atoms with Crippen LogP contribution in [0.3, 0.4) is 0 Å². The largest absolute Gasteiger partial charge is 0.467 e. The molecule has 0 saturated carbocycles. The first-order valence-electron chi connectivity index (χ1n) is 9.67. The van der Waals surface area contributed by atoms with Crippen LogP contribution in [-0.2, 0) is 6.54 Å². The van der Waals surface area contributed by atoms with E-state index in [9.17, 15) is 4.79 Å². The van der Waals surface area contributed by atoms with Gasteiger partial charge in [-0.15, -0.1) is 0 Å². The molecule has 0 aliphatic carbocycles. The number of anilines is 1. The van der Waals surface area contributed by atoms with E-state index in [4.69, 9.17) is 9.15 Å². The lowest BCUT2D eigenvalue weighted by atomic mass is 10.2. The molecule has 0 spiro atoms. The first-order chi connectivity index (χ1) is 14.7. The van der Waals surface area contributed by atoms with Gasteiger partial charge in [-0.25, -0.2) is 4.98 Å². The molecule has 7 heteroatoms. The standard InChI is InChI=1S/C23H24N4O3/c1-3-7-21(24-4-2)27-17-10-12-18(13-11-17)30-23-20(9-5-14-25-23)22(28)26-16-19-8-6-15-29-19/h3,5-15H,4,16H2,1-2H3,(H,24,27)(H,26,28)/b7-3-. The molecule has 0 saturated heterocycles. The van der Waals surface area contributed by atoms with Gasteiger partial charge < -0.3 is 19.8 Å². The molecule has 1 aromatic carbocycles. The number of rotatable bonds is 8. The Morgan fingerprint density at radius 1 is 1.20 bits per heavy atom.